The van der Waals surface area contributed by atoms with E-state index in [9.17, 15) is 18.0 Å². The van der Waals surface area contributed by atoms with Crippen LogP contribution < -0.4 is 0 Å². The molecule has 188 valence electrons. The van der Waals surface area contributed by atoms with Gasteiger partial charge in [0.2, 0.25) is 0 Å². The average molecular weight is 542 g/mol. The Labute approximate surface area is 219 Å². The molecule has 3 heterocycles. The second-order valence-corrected chi connectivity index (χ2v) is 9.89. The van der Waals surface area contributed by atoms with Crippen LogP contribution in [-0.2, 0) is 23.9 Å². The summed E-state index contributed by atoms with van der Waals surface area (Å²) in [6, 6.07) is 12.7. The number of aromatic nitrogens is 3. The molecule has 1 amide bonds. The first-order chi connectivity index (χ1) is 17.7. The van der Waals surface area contributed by atoms with Crippen molar-refractivity contribution in [3.63, 3.8) is 0 Å². The number of nitrogens with zero attached hydrogens (tertiary/aromatic N) is 4. The van der Waals surface area contributed by atoms with E-state index >= 15 is 0 Å². The molecule has 0 bridgehead atoms. The minimum absolute atomic E-state index is 0.0113. The number of aliphatic imine (C=N–C) groups is 1. The first-order valence-corrected chi connectivity index (χ1v) is 12.3. The molecule has 0 fully saturated rings. The highest BCUT2D eigenvalue weighted by atomic mass is 35.5. The van der Waals surface area contributed by atoms with E-state index in [1.165, 1.54) is 12.1 Å². The number of benzene rings is 2. The molecule has 0 radical (unpaired) electrons. The van der Waals surface area contributed by atoms with Crippen molar-refractivity contribution in [1.29, 1.82) is 0 Å². The predicted molar refractivity (Wildman–Crippen MR) is 139 cm³/mol. The van der Waals surface area contributed by atoms with Crippen LogP contribution in [0.4, 0.5) is 13.2 Å². The molecular weight excluding hydrogens is 523 g/mol. The molecule has 0 aliphatic carbocycles. The van der Waals surface area contributed by atoms with E-state index in [4.69, 9.17) is 11.6 Å². The third-order valence-electron chi connectivity index (χ3n) is 5.86. The van der Waals surface area contributed by atoms with Gasteiger partial charge in [0.15, 0.2) is 5.17 Å². The zero-order chi connectivity index (χ0) is 26.2. The SMILES string of the molecule is CN(Cc1cccnc1)C1=NC(=O)C(=C(Cc2ccc(Cl)cc2C(F)(F)F)c2ccc3[nH]ncc3c2)S1. The number of alkyl halides is 3. The van der Waals surface area contributed by atoms with E-state index in [-0.39, 0.29) is 21.9 Å². The minimum Gasteiger partial charge on any atom is -0.349 e. The number of amidine groups is 1. The third-order valence-corrected chi connectivity index (χ3v) is 7.31. The van der Waals surface area contributed by atoms with Crippen LogP contribution >= 0.6 is 23.4 Å². The van der Waals surface area contributed by atoms with Crippen molar-refractivity contribution >= 4 is 50.9 Å². The lowest BCUT2D eigenvalue weighted by atomic mass is 9.93. The standard InChI is InChI=1S/C26H19ClF3N5OS/c1-35(14-15-3-2-8-31-12-15)25-33-24(36)23(37-25)20(16-5-7-22-18(9-16)13-32-34-22)10-17-4-6-19(27)11-21(17)26(28,29)30/h2-9,11-13H,10,14H2,1H3,(H,32,34). The van der Waals surface area contributed by atoms with Gasteiger partial charge in [-0.2, -0.15) is 23.3 Å². The normalized spacial score (nSPS) is 15.3. The van der Waals surface area contributed by atoms with Crippen LogP contribution in [0.5, 0.6) is 0 Å². The van der Waals surface area contributed by atoms with Gasteiger partial charge in [0.05, 0.1) is 22.2 Å². The summed E-state index contributed by atoms with van der Waals surface area (Å²) >= 11 is 7.04. The smallest absolute Gasteiger partial charge is 0.349 e. The summed E-state index contributed by atoms with van der Waals surface area (Å²) in [7, 11) is 1.80. The monoisotopic (exact) mass is 541 g/mol. The Balaban J connectivity index is 1.56. The maximum Gasteiger partial charge on any atom is 0.416 e. The second kappa shape index (κ2) is 10.0. The van der Waals surface area contributed by atoms with Crippen LogP contribution in [0, 0.1) is 0 Å². The Kier molecular flexibility index (Phi) is 6.78. The molecule has 0 unspecified atom stereocenters. The molecule has 0 saturated heterocycles. The molecule has 0 saturated carbocycles. The maximum atomic E-state index is 13.9. The van der Waals surface area contributed by atoms with Crippen molar-refractivity contribution in [2.45, 2.75) is 19.1 Å². The molecule has 2 aromatic heterocycles. The van der Waals surface area contributed by atoms with Gasteiger partial charge in [-0.05, 0) is 70.8 Å². The van der Waals surface area contributed by atoms with Crippen LogP contribution in [0.2, 0.25) is 5.02 Å². The summed E-state index contributed by atoms with van der Waals surface area (Å²) in [6.07, 6.45) is 0.268. The maximum absolute atomic E-state index is 13.9. The van der Waals surface area contributed by atoms with Crippen molar-refractivity contribution in [3.8, 4) is 0 Å². The number of thioether (sulfide) groups is 1. The zero-order valence-electron chi connectivity index (χ0n) is 19.4. The average Bonchev–Trinajstić information content (AvgIpc) is 3.49. The van der Waals surface area contributed by atoms with E-state index in [0.29, 0.717) is 22.8 Å². The number of carbonyl (C=O) groups is 1. The highest BCUT2D eigenvalue weighted by Gasteiger charge is 2.35. The number of hydrogen-bond donors (Lipinski definition) is 1. The zero-order valence-corrected chi connectivity index (χ0v) is 21.0. The number of nitrogens with one attached hydrogen (secondary N) is 1. The van der Waals surface area contributed by atoms with Gasteiger partial charge >= 0.3 is 6.18 Å². The van der Waals surface area contributed by atoms with E-state index < -0.39 is 17.6 Å². The van der Waals surface area contributed by atoms with E-state index in [0.717, 1.165) is 34.3 Å². The van der Waals surface area contributed by atoms with Crippen molar-refractivity contribution in [1.82, 2.24) is 20.1 Å². The summed E-state index contributed by atoms with van der Waals surface area (Å²) in [6.45, 7) is 0.464. The molecule has 1 aliphatic rings. The first-order valence-electron chi connectivity index (χ1n) is 11.1. The van der Waals surface area contributed by atoms with Gasteiger partial charge in [0, 0.05) is 36.4 Å². The van der Waals surface area contributed by atoms with Crippen LogP contribution in [0.25, 0.3) is 16.5 Å². The van der Waals surface area contributed by atoms with E-state index in [1.807, 2.05) is 17.0 Å². The predicted octanol–water partition coefficient (Wildman–Crippen LogP) is 6.35. The largest absolute Gasteiger partial charge is 0.416 e. The van der Waals surface area contributed by atoms with Crippen molar-refractivity contribution < 1.29 is 18.0 Å². The first kappa shape index (κ1) is 25.0. The number of allylic oxidation sites excluding steroid dienone is 1. The minimum atomic E-state index is -4.61. The fraction of sp³-hybridized carbons (Fsp3) is 0.154. The molecule has 0 spiro atoms. The number of halogens is 4. The number of aromatic amines is 1. The molecule has 6 nitrogen and oxygen atoms in total. The molecule has 1 N–H and O–H groups in total. The Morgan fingerprint density at radius 2 is 1.97 bits per heavy atom. The van der Waals surface area contributed by atoms with Crippen LogP contribution in [0.1, 0.15) is 22.3 Å². The summed E-state index contributed by atoms with van der Waals surface area (Å²) in [5.74, 6) is -0.497. The van der Waals surface area contributed by atoms with Crippen molar-refractivity contribution in [3.05, 3.63) is 99.3 Å². The number of amides is 1. The molecule has 11 heteroatoms. The quantitative estimate of drug-likeness (QED) is 0.298. The molecule has 37 heavy (non-hydrogen) atoms. The topological polar surface area (TPSA) is 74.2 Å². The molecule has 4 aromatic rings. The number of H-pyrrole nitrogens is 1. The van der Waals surface area contributed by atoms with Crippen molar-refractivity contribution in [2.24, 2.45) is 4.99 Å². The van der Waals surface area contributed by atoms with Gasteiger partial charge in [0.1, 0.15) is 0 Å². The van der Waals surface area contributed by atoms with Gasteiger partial charge in [-0.1, -0.05) is 29.8 Å². The number of pyridine rings is 1. The Morgan fingerprint density at radius 3 is 2.73 bits per heavy atom. The van der Waals surface area contributed by atoms with Gasteiger partial charge in [0.25, 0.3) is 5.91 Å². The molecular formula is C26H19ClF3N5OS. The molecule has 5 rings (SSSR count). The number of fused-ring (bicyclic) bond motifs is 1. The molecule has 0 atom stereocenters. The molecule has 2 aromatic carbocycles. The lowest BCUT2D eigenvalue weighted by Crippen LogP contribution is -2.22. The third kappa shape index (κ3) is 5.40. The molecule has 1 aliphatic heterocycles. The fourth-order valence-electron chi connectivity index (χ4n) is 4.08. The Hall–Kier alpha value is -3.63. The lowest BCUT2D eigenvalue weighted by molar-refractivity contribution is -0.138. The summed E-state index contributed by atoms with van der Waals surface area (Å²) in [5.41, 5.74) is 1.93. The van der Waals surface area contributed by atoms with Crippen LogP contribution in [0.3, 0.4) is 0 Å². The van der Waals surface area contributed by atoms with Gasteiger partial charge in [-0.3, -0.25) is 14.9 Å². The van der Waals surface area contributed by atoms with E-state index in [2.05, 4.69) is 20.2 Å². The van der Waals surface area contributed by atoms with Crippen LogP contribution in [-0.4, -0.2) is 38.2 Å². The highest BCUT2D eigenvalue weighted by Crippen LogP contribution is 2.40. The summed E-state index contributed by atoms with van der Waals surface area (Å²) in [5, 5.41) is 8.09. The Morgan fingerprint density at radius 1 is 1.14 bits per heavy atom. The number of carbonyl (C=O) groups excluding carboxylic acids is 1. The Bertz CT molecular complexity index is 1550. The van der Waals surface area contributed by atoms with Gasteiger partial charge < -0.3 is 4.90 Å². The van der Waals surface area contributed by atoms with E-state index in [1.54, 1.807) is 43.8 Å². The number of hydrogen-bond acceptors (Lipinski definition) is 5. The summed E-state index contributed by atoms with van der Waals surface area (Å²) in [4.78, 5) is 23.5. The lowest BCUT2D eigenvalue weighted by Gasteiger charge is -2.19. The van der Waals surface area contributed by atoms with Gasteiger partial charge in [-0.15, -0.1) is 0 Å². The summed E-state index contributed by atoms with van der Waals surface area (Å²) < 4.78 is 41.6. The highest BCUT2D eigenvalue weighted by molar-refractivity contribution is 8.18. The second-order valence-electron chi connectivity index (χ2n) is 8.47. The fourth-order valence-corrected chi connectivity index (χ4v) is 5.23. The van der Waals surface area contributed by atoms with Crippen molar-refractivity contribution in [2.75, 3.05) is 7.05 Å². The van der Waals surface area contributed by atoms with Crippen LogP contribution in [0.15, 0.2) is 77.0 Å². The number of rotatable bonds is 5. The van der Waals surface area contributed by atoms with Gasteiger partial charge in [-0.25, -0.2) is 0 Å².